The van der Waals surface area contributed by atoms with Crippen LogP contribution >= 0.6 is 24.0 Å². The molecular formula is C24H36IN7O. The molecule has 1 aliphatic carbocycles. The molecule has 1 aromatic heterocycles. The van der Waals surface area contributed by atoms with Crippen molar-refractivity contribution in [2.45, 2.75) is 64.6 Å². The Bertz CT molecular complexity index is 924. The number of rotatable bonds is 6. The fourth-order valence-corrected chi connectivity index (χ4v) is 4.55. The second-order valence-corrected chi connectivity index (χ2v) is 8.98. The Balaban J connectivity index is 0.00000306. The largest absolute Gasteiger partial charge is 0.352 e. The molecule has 2 N–H and O–H groups in total. The summed E-state index contributed by atoms with van der Waals surface area (Å²) in [4.78, 5) is 19.8. The maximum Gasteiger partial charge on any atom is 0.225 e. The summed E-state index contributed by atoms with van der Waals surface area (Å²) in [7, 11) is 1.96. The van der Waals surface area contributed by atoms with Crippen molar-refractivity contribution in [3.05, 3.63) is 47.5 Å². The summed E-state index contributed by atoms with van der Waals surface area (Å²) in [6.45, 7) is 4.63. The molecule has 0 radical (unpaired) electrons. The number of benzene rings is 1. The lowest BCUT2D eigenvalue weighted by atomic mass is 9.88. The Kier molecular flexibility index (Phi) is 9.52. The van der Waals surface area contributed by atoms with E-state index in [4.69, 9.17) is 4.99 Å². The van der Waals surface area contributed by atoms with E-state index in [-0.39, 0.29) is 35.9 Å². The van der Waals surface area contributed by atoms with Crippen LogP contribution in [0.25, 0.3) is 0 Å². The number of nitrogens with one attached hydrogen (secondary N) is 2. The first kappa shape index (κ1) is 25.5. The average molecular weight is 566 g/mol. The number of aromatic nitrogens is 3. The first-order valence-electron chi connectivity index (χ1n) is 11.8. The van der Waals surface area contributed by atoms with E-state index >= 15 is 0 Å². The van der Waals surface area contributed by atoms with Crippen molar-refractivity contribution < 1.29 is 4.79 Å². The number of carbonyl (C=O) groups excluding carboxylic acids is 1. The van der Waals surface area contributed by atoms with Gasteiger partial charge in [0, 0.05) is 32.1 Å². The van der Waals surface area contributed by atoms with E-state index in [0.29, 0.717) is 19.0 Å². The molecule has 0 bridgehead atoms. The normalized spacial score (nSPS) is 19.3. The highest BCUT2D eigenvalue weighted by atomic mass is 127. The van der Waals surface area contributed by atoms with Crippen LogP contribution in [-0.4, -0.2) is 50.7 Å². The maximum atomic E-state index is 12.9. The third-order valence-corrected chi connectivity index (χ3v) is 6.65. The second kappa shape index (κ2) is 12.3. The first-order valence-corrected chi connectivity index (χ1v) is 11.8. The van der Waals surface area contributed by atoms with Crippen LogP contribution in [0.3, 0.4) is 0 Å². The van der Waals surface area contributed by atoms with E-state index in [0.717, 1.165) is 55.5 Å². The molecule has 1 atom stereocenters. The van der Waals surface area contributed by atoms with Crippen LogP contribution in [0.15, 0.2) is 35.3 Å². The summed E-state index contributed by atoms with van der Waals surface area (Å²) in [6.07, 6.45) is 6.69. The number of nitrogens with zero attached hydrogens (tertiary/aromatic N) is 5. The number of halogens is 1. The molecule has 180 valence electrons. The van der Waals surface area contributed by atoms with Gasteiger partial charge in [-0.3, -0.25) is 4.79 Å². The average Bonchev–Trinajstić information content (AvgIpc) is 3.43. The molecule has 33 heavy (non-hydrogen) atoms. The van der Waals surface area contributed by atoms with Crippen LogP contribution in [0.4, 0.5) is 0 Å². The minimum Gasteiger partial charge on any atom is -0.352 e. The molecule has 1 amide bonds. The van der Waals surface area contributed by atoms with Crippen LogP contribution < -0.4 is 10.6 Å². The molecule has 1 saturated heterocycles. The van der Waals surface area contributed by atoms with Gasteiger partial charge >= 0.3 is 0 Å². The number of amides is 1. The summed E-state index contributed by atoms with van der Waals surface area (Å²) < 4.78 is 1.97. The Morgan fingerprint density at radius 3 is 2.58 bits per heavy atom. The maximum absolute atomic E-state index is 12.9. The van der Waals surface area contributed by atoms with E-state index in [1.54, 1.807) is 0 Å². The number of aliphatic imine (C=N–C) groups is 1. The zero-order valence-electron chi connectivity index (χ0n) is 19.7. The molecule has 1 aromatic carbocycles. The molecule has 4 rings (SSSR count). The number of guanidine groups is 1. The third kappa shape index (κ3) is 6.91. The van der Waals surface area contributed by atoms with Gasteiger partial charge in [0.05, 0.1) is 13.1 Å². The van der Waals surface area contributed by atoms with Gasteiger partial charge in [0.1, 0.15) is 5.82 Å². The highest BCUT2D eigenvalue weighted by Gasteiger charge is 2.31. The molecule has 2 fully saturated rings. The Morgan fingerprint density at radius 2 is 1.88 bits per heavy atom. The van der Waals surface area contributed by atoms with Crippen molar-refractivity contribution in [1.82, 2.24) is 30.3 Å². The summed E-state index contributed by atoms with van der Waals surface area (Å²) in [5.41, 5.74) is 1.16. The minimum atomic E-state index is 0. The van der Waals surface area contributed by atoms with Crippen molar-refractivity contribution in [3.63, 3.8) is 0 Å². The number of likely N-dealkylation sites (tertiary alicyclic amines) is 1. The molecular weight excluding hydrogens is 529 g/mol. The van der Waals surface area contributed by atoms with E-state index < -0.39 is 0 Å². The number of hydrogen-bond donors (Lipinski definition) is 2. The van der Waals surface area contributed by atoms with Gasteiger partial charge in [0.2, 0.25) is 5.91 Å². The van der Waals surface area contributed by atoms with Crippen LogP contribution in [0.1, 0.15) is 55.7 Å². The van der Waals surface area contributed by atoms with E-state index in [1.165, 1.54) is 19.3 Å². The topological polar surface area (TPSA) is 87.4 Å². The molecule has 2 aliphatic rings. The summed E-state index contributed by atoms with van der Waals surface area (Å²) in [5, 5.41) is 15.3. The molecule has 2 aromatic rings. The van der Waals surface area contributed by atoms with Gasteiger partial charge in [-0.05, 0) is 31.7 Å². The van der Waals surface area contributed by atoms with Crippen molar-refractivity contribution >= 4 is 35.8 Å². The van der Waals surface area contributed by atoms with E-state index in [1.807, 2.05) is 36.7 Å². The van der Waals surface area contributed by atoms with Gasteiger partial charge < -0.3 is 20.1 Å². The van der Waals surface area contributed by atoms with Crippen molar-refractivity contribution in [3.8, 4) is 0 Å². The third-order valence-electron chi connectivity index (χ3n) is 6.65. The van der Waals surface area contributed by atoms with Gasteiger partial charge in [0.15, 0.2) is 11.8 Å². The van der Waals surface area contributed by atoms with Gasteiger partial charge in [-0.2, -0.15) is 0 Å². The molecule has 1 aliphatic heterocycles. The molecule has 9 heteroatoms. The number of carbonyl (C=O) groups is 1. The molecule has 8 nitrogen and oxygen atoms in total. The summed E-state index contributed by atoms with van der Waals surface area (Å²) in [6, 6.07) is 10.4. The molecule has 1 saturated carbocycles. The highest BCUT2D eigenvalue weighted by Crippen LogP contribution is 2.26. The van der Waals surface area contributed by atoms with Gasteiger partial charge in [-0.15, -0.1) is 34.2 Å². The van der Waals surface area contributed by atoms with Crippen LogP contribution in [0.5, 0.6) is 0 Å². The lowest BCUT2D eigenvalue weighted by Crippen LogP contribution is -2.45. The van der Waals surface area contributed by atoms with E-state index in [9.17, 15) is 4.79 Å². The fraction of sp³-hybridized carbons (Fsp3) is 0.583. The van der Waals surface area contributed by atoms with Crippen LogP contribution in [0.2, 0.25) is 0 Å². The Morgan fingerprint density at radius 1 is 1.12 bits per heavy atom. The lowest BCUT2D eigenvalue weighted by molar-refractivity contribution is -0.135. The standard InChI is InChI=1S/C24H35N7O.HI/c1-18-28-29-22(30(18)2)16-26-24(25-15-19-9-5-3-6-10-19)27-21-13-14-31(17-21)23(32)20-11-7-4-8-12-20;/h3,5-6,9-10,20-21H,4,7-8,11-17H2,1-2H3,(H2,25,26,27);1H. The van der Waals surface area contributed by atoms with Crippen LogP contribution in [-0.2, 0) is 24.9 Å². The number of aryl methyl sites for hydroxylation is 1. The van der Waals surface area contributed by atoms with Crippen molar-refractivity contribution in [2.24, 2.45) is 18.0 Å². The zero-order chi connectivity index (χ0) is 22.3. The lowest BCUT2D eigenvalue weighted by Gasteiger charge is -2.26. The first-order chi connectivity index (χ1) is 15.6. The smallest absolute Gasteiger partial charge is 0.225 e. The Labute approximate surface area is 213 Å². The zero-order valence-corrected chi connectivity index (χ0v) is 22.0. The second-order valence-electron chi connectivity index (χ2n) is 8.98. The molecule has 2 heterocycles. The monoisotopic (exact) mass is 565 g/mol. The number of hydrogen-bond acceptors (Lipinski definition) is 4. The van der Waals surface area contributed by atoms with Gasteiger partial charge in [-0.1, -0.05) is 49.6 Å². The van der Waals surface area contributed by atoms with E-state index in [2.05, 4.69) is 37.9 Å². The quantitative estimate of drug-likeness (QED) is 0.319. The predicted octanol–water partition coefficient (Wildman–Crippen LogP) is 3.16. The summed E-state index contributed by atoms with van der Waals surface area (Å²) >= 11 is 0. The van der Waals surface area contributed by atoms with Gasteiger partial charge in [-0.25, -0.2) is 4.99 Å². The molecule has 1 unspecified atom stereocenters. The summed E-state index contributed by atoms with van der Waals surface area (Å²) in [5.74, 6) is 3.05. The van der Waals surface area contributed by atoms with Crippen molar-refractivity contribution in [1.29, 1.82) is 0 Å². The predicted molar refractivity (Wildman–Crippen MR) is 140 cm³/mol. The SMILES string of the molecule is Cc1nnc(CNC(=NCc2ccccc2)NC2CCN(C(=O)C3CCCCC3)C2)n1C.I. The minimum absolute atomic E-state index is 0. The Hall–Kier alpha value is -2.17. The van der Waals surface area contributed by atoms with Crippen LogP contribution in [0, 0.1) is 12.8 Å². The van der Waals surface area contributed by atoms with Crippen molar-refractivity contribution in [2.75, 3.05) is 13.1 Å². The fourth-order valence-electron chi connectivity index (χ4n) is 4.55. The highest BCUT2D eigenvalue weighted by molar-refractivity contribution is 14.0. The molecule has 0 spiro atoms. The van der Waals surface area contributed by atoms with Gasteiger partial charge in [0.25, 0.3) is 0 Å².